The highest BCUT2D eigenvalue weighted by Crippen LogP contribution is 2.30. The molecular formula is C31H32N4O3. The summed E-state index contributed by atoms with van der Waals surface area (Å²) in [5, 5.41) is 4.78. The second-order valence-corrected chi connectivity index (χ2v) is 9.95. The Balaban J connectivity index is 1.19. The van der Waals surface area contributed by atoms with E-state index in [0.29, 0.717) is 0 Å². The van der Waals surface area contributed by atoms with Gasteiger partial charge >= 0.3 is 0 Å². The van der Waals surface area contributed by atoms with Crippen LogP contribution in [0.25, 0.3) is 27.9 Å². The van der Waals surface area contributed by atoms with Gasteiger partial charge in [-0.05, 0) is 67.8 Å². The largest absolute Gasteiger partial charge is 0.486 e. The summed E-state index contributed by atoms with van der Waals surface area (Å²) in [5.41, 5.74) is 7.37. The molecule has 0 amide bonds. The summed E-state index contributed by atoms with van der Waals surface area (Å²) in [6, 6.07) is 14.8. The van der Waals surface area contributed by atoms with E-state index in [9.17, 15) is 0 Å². The summed E-state index contributed by atoms with van der Waals surface area (Å²) in [6.45, 7) is 9.37. The Morgan fingerprint density at radius 3 is 2.63 bits per heavy atom. The molecule has 1 saturated heterocycles. The topological polar surface area (TPSA) is 72.7 Å². The van der Waals surface area contributed by atoms with Gasteiger partial charge in [-0.2, -0.15) is 0 Å². The molecule has 2 aromatic carbocycles. The number of hydrogen-bond acceptors (Lipinski definition) is 7. The van der Waals surface area contributed by atoms with Crippen LogP contribution in [0.3, 0.4) is 0 Å². The zero-order valence-electron chi connectivity index (χ0n) is 22.0. The molecule has 0 bridgehead atoms. The van der Waals surface area contributed by atoms with Crippen molar-refractivity contribution in [1.29, 1.82) is 0 Å². The number of aryl methyl sites for hydroxylation is 1. The second kappa shape index (κ2) is 10.3. The van der Waals surface area contributed by atoms with E-state index in [4.69, 9.17) is 13.9 Å². The summed E-state index contributed by atoms with van der Waals surface area (Å²) in [4.78, 5) is 11.4. The van der Waals surface area contributed by atoms with Crippen LogP contribution in [0.5, 0.6) is 0 Å². The number of nitrogens with zero attached hydrogens (tertiary/aromatic N) is 3. The number of anilines is 1. The monoisotopic (exact) mass is 508 g/mol. The van der Waals surface area contributed by atoms with Gasteiger partial charge in [0.1, 0.15) is 17.4 Å². The lowest BCUT2D eigenvalue weighted by molar-refractivity contribution is 0.122. The number of allylic oxidation sites excluding steroid dienone is 1. The molecule has 0 aliphatic carbocycles. The number of nitrogens with one attached hydrogen (secondary N) is 1. The summed E-state index contributed by atoms with van der Waals surface area (Å²) < 4.78 is 17.2. The van der Waals surface area contributed by atoms with Gasteiger partial charge in [-0.1, -0.05) is 18.2 Å². The van der Waals surface area contributed by atoms with Crippen LogP contribution in [0.2, 0.25) is 0 Å². The van der Waals surface area contributed by atoms with Gasteiger partial charge in [0.15, 0.2) is 0 Å². The van der Waals surface area contributed by atoms with Crippen LogP contribution in [-0.2, 0) is 9.47 Å². The average molecular weight is 509 g/mol. The van der Waals surface area contributed by atoms with E-state index in [-0.39, 0.29) is 12.1 Å². The summed E-state index contributed by atoms with van der Waals surface area (Å²) >= 11 is 0. The Kier molecular flexibility index (Phi) is 6.60. The summed E-state index contributed by atoms with van der Waals surface area (Å²) in [5.74, 6) is 1.61. The van der Waals surface area contributed by atoms with E-state index >= 15 is 0 Å². The molecule has 194 valence electrons. The number of morpholine rings is 1. The van der Waals surface area contributed by atoms with Crippen molar-refractivity contribution < 1.29 is 13.9 Å². The van der Waals surface area contributed by atoms with Crippen molar-refractivity contribution in [3.05, 3.63) is 95.7 Å². The zero-order chi connectivity index (χ0) is 26.1. The lowest BCUT2D eigenvalue weighted by Crippen LogP contribution is -2.37. The van der Waals surface area contributed by atoms with Gasteiger partial charge in [0, 0.05) is 59.8 Å². The Bertz CT molecular complexity index is 1500. The van der Waals surface area contributed by atoms with E-state index in [1.165, 1.54) is 5.56 Å². The zero-order valence-corrected chi connectivity index (χ0v) is 22.0. The number of benzene rings is 2. The number of furan rings is 1. The smallest absolute Gasteiger partial charge is 0.225 e. The SMILES string of the molecule is Cc1coc2ccc(C3=CC(N[C@@H](C)c4cccc(-c5cnc(N6CCOCC6)nc5)c4)=CC(C)O3)cc12. The highest BCUT2D eigenvalue weighted by molar-refractivity contribution is 5.84. The maximum absolute atomic E-state index is 6.18. The molecule has 2 aromatic heterocycles. The summed E-state index contributed by atoms with van der Waals surface area (Å²) in [7, 11) is 0. The van der Waals surface area contributed by atoms with Gasteiger partial charge in [0.05, 0.1) is 19.5 Å². The Morgan fingerprint density at radius 2 is 1.82 bits per heavy atom. The van der Waals surface area contributed by atoms with E-state index in [0.717, 1.165) is 76.9 Å². The third-order valence-corrected chi connectivity index (χ3v) is 7.10. The minimum atomic E-state index is -0.0423. The van der Waals surface area contributed by atoms with Gasteiger partial charge in [-0.15, -0.1) is 0 Å². The van der Waals surface area contributed by atoms with Crippen LogP contribution < -0.4 is 10.2 Å². The molecule has 0 saturated carbocycles. The highest BCUT2D eigenvalue weighted by Gasteiger charge is 2.18. The van der Waals surface area contributed by atoms with Crippen molar-refractivity contribution in [2.75, 3.05) is 31.2 Å². The standard InChI is InChI=1S/C31H32N4O3/c1-20-19-37-29-8-7-25(15-28(20)29)30-16-27(13-21(2)38-30)34-22(3)23-5-4-6-24(14-23)26-17-32-31(33-18-26)35-9-11-36-12-10-35/h4-8,13-19,21-22,34H,9-12H2,1-3H3/t21?,22-/m0/s1. The van der Waals surface area contributed by atoms with E-state index < -0.39 is 0 Å². The number of ether oxygens (including phenoxy) is 2. The molecule has 2 aliphatic rings. The van der Waals surface area contributed by atoms with Crippen molar-refractivity contribution >= 4 is 22.7 Å². The van der Waals surface area contributed by atoms with Crippen LogP contribution in [0.1, 0.15) is 36.6 Å². The van der Waals surface area contributed by atoms with Crippen molar-refractivity contribution in [3.63, 3.8) is 0 Å². The quantitative estimate of drug-likeness (QED) is 0.341. The maximum Gasteiger partial charge on any atom is 0.225 e. The average Bonchev–Trinajstić information content (AvgIpc) is 3.33. The number of fused-ring (bicyclic) bond motifs is 1. The molecule has 4 aromatic rings. The molecular weight excluding hydrogens is 476 g/mol. The fraction of sp³-hybridized carbons (Fsp3) is 0.290. The molecule has 7 heteroatoms. The lowest BCUT2D eigenvalue weighted by Gasteiger charge is -2.26. The number of hydrogen-bond donors (Lipinski definition) is 1. The van der Waals surface area contributed by atoms with Crippen molar-refractivity contribution in [3.8, 4) is 11.1 Å². The van der Waals surface area contributed by atoms with Gasteiger partial charge in [-0.3, -0.25) is 0 Å². The molecule has 38 heavy (non-hydrogen) atoms. The van der Waals surface area contributed by atoms with Gasteiger partial charge in [-0.25, -0.2) is 9.97 Å². The van der Waals surface area contributed by atoms with Crippen LogP contribution in [0, 0.1) is 6.92 Å². The van der Waals surface area contributed by atoms with E-state index in [2.05, 4.69) is 83.4 Å². The van der Waals surface area contributed by atoms with Crippen LogP contribution >= 0.6 is 0 Å². The molecule has 7 nitrogen and oxygen atoms in total. The first-order chi connectivity index (χ1) is 18.5. The molecule has 2 atom stereocenters. The maximum atomic E-state index is 6.18. The molecule has 1 fully saturated rings. The van der Waals surface area contributed by atoms with Crippen LogP contribution in [0.15, 0.2) is 83.4 Å². The first-order valence-corrected chi connectivity index (χ1v) is 13.1. The lowest BCUT2D eigenvalue weighted by atomic mass is 10.0. The fourth-order valence-corrected chi connectivity index (χ4v) is 4.98. The molecule has 4 heterocycles. The first-order valence-electron chi connectivity index (χ1n) is 13.1. The number of rotatable bonds is 6. The molecule has 2 aliphatic heterocycles. The van der Waals surface area contributed by atoms with Crippen LogP contribution in [-0.4, -0.2) is 42.4 Å². The van der Waals surface area contributed by atoms with E-state index in [1.807, 2.05) is 24.5 Å². The minimum absolute atomic E-state index is 0.0423. The normalized spacial score (nSPS) is 18.5. The predicted molar refractivity (Wildman–Crippen MR) is 150 cm³/mol. The Morgan fingerprint density at radius 1 is 1.00 bits per heavy atom. The number of aromatic nitrogens is 2. The predicted octanol–water partition coefficient (Wildman–Crippen LogP) is 6.03. The third-order valence-electron chi connectivity index (χ3n) is 7.10. The van der Waals surface area contributed by atoms with Crippen molar-refractivity contribution in [2.24, 2.45) is 0 Å². The van der Waals surface area contributed by atoms with Crippen LogP contribution in [0.4, 0.5) is 5.95 Å². The third kappa shape index (κ3) is 5.02. The van der Waals surface area contributed by atoms with E-state index in [1.54, 1.807) is 6.26 Å². The van der Waals surface area contributed by atoms with Gasteiger partial charge < -0.3 is 24.1 Å². The Labute approximate surface area is 222 Å². The molecule has 6 rings (SSSR count). The first kappa shape index (κ1) is 24.2. The minimum Gasteiger partial charge on any atom is -0.486 e. The molecule has 1 N–H and O–H groups in total. The molecule has 1 unspecified atom stereocenters. The Hall–Kier alpha value is -4.10. The molecule has 0 radical (unpaired) electrons. The van der Waals surface area contributed by atoms with Gasteiger partial charge in [0.2, 0.25) is 5.95 Å². The second-order valence-electron chi connectivity index (χ2n) is 9.95. The fourth-order valence-electron chi connectivity index (χ4n) is 4.98. The summed E-state index contributed by atoms with van der Waals surface area (Å²) in [6.07, 6.45) is 9.76. The van der Waals surface area contributed by atoms with Crippen molar-refractivity contribution in [2.45, 2.75) is 32.9 Å². The van der Waals surface area contributed by atoms with Crippen molar-refractivity contribution in [1.82, 2.24) is 15.3 Å². The highest BCUT2D eigenvalue weighted by atomic mass is 16.5. The molecule has 0 spiro atoms. The van der Waals surface area contributed by atoms with Gasteiger partial charge in [0.25, 0.3) is 0 Å².